The lowest BCUT2D eigenvalue weighted by molar-refractivity contribution is -0.169. The molecule has 1 amide bonds. The van der Waals surface area contributed by atoms with E-state index in [0.29, 0.717) is 11.1 Å². The zero-order chi connectivity index (χ0) is 28.5. The number of rotatable bonds is 8. The summed E-state index contributed by atoms with van der Waals surface area (Å²) in [6.45, 7) is 10.3. The second kappa shape index (κ2) is 12.9. The Bertz CT molecular complexity index is 1130. The number of amides is 1. The Morgan fingerprint density at radius 3 is 1.82 bits per heavy atom. The molecule has 0 radical (unpaired) electrons. The Kier molecular flexibility index (Phi) is 10.2. The zero-order valence-corrected chi connectivity index (χ0v) is 22.8. The number of carbonyl (C=O) groups is 4. The van der Waals surface area contributed by atoms with Gasteiger partial charge in [0, 0.05) is 0 Å². The molecule has 0 bridgehead atoms. The molecule has 0 aliphatic carbocycles. The molecule has 0 spiro atoms. The first-order valence-electron chi connectivity index (χ1n) is 12.0. The Hall–Kier alpha value is -4.14. The summed E-state index contributed by atoms with van der Waals surface area (Å²) >= 11 is 0. The summed E-state index contributed by atoms with van der Waals surface area (Å²) in [4.78, 5) is 50.3. The zero-order valence-electron chi connectivity index (χ0n) is 22.8. The van der Waals surface area contributed by atoms with Crippen LogP contribution in [-0.4, -0.2) is 42.3 Å². The van der Waals surface area contributed by atoms with Crippen LogP contribution in [0.5, 0.6) is 0 Å². The van der Waals surface area contributed by atoms with Crippen molar-refractivity contribution in [3.63, 3.8) is 0 Å². The molecule has 0 saturated carbocycles. The van der Waals surface area contributed by atoms with Crippen LogP contribution in [0.15, 0.2) is 60.3 Å². The highest BCUT2D eigenvalue weighted by Crippen LogP contribution is 2.25. The summed E-state index contributed by atoms with van der Waals surface area (Å²) in [6, 6.07) is 15.3. The SMILES string of the molecule is COC(=O)/C(=C\c1ccc(C(C(=O)OC(C)(C)C)C(=O)OC(C)(C)C)cc1)NC(=O)OCc1ccccc1. The number of nitrogens with one attached hydrogen (secondary N) is 1. The molecule has 0 atom stereocenters. The number of esters is 3. The van der Waals surface area contributed by atoms with E-state index in [1.807, 2.05) is 18.2 Å². The summed E-state index contributed by atoms with van der Waals surface area (Å²) < 4.78 is 20.8. The van der Waals surface area contributed by atoms with Crippen LogP contribution in [0, 0.1) is 0 Å². The second-order valence-corrected chi connectivity index (χ2v) is 10.4. The third-order valence-corrected chi connectivity index (χ3v) is 4.72. The van der Waals surface area contributed by atoms with Gasteiger partial charge in [0.1, 0.15) is 23.5 Å². The number of hydrogen-bond donors (Lipinski definition) is 1. The standard InChI is InChI=1S/C29H35NO8/c1-28(2,3)37-25(32)23(26(33)38-29(4,5)6)21-15-13-19(14-16-21)17-22(24(31)35-7)30-27(34)36-18-20-11-9-8-10-12-20/h8-17,23H,18H2,1-7H3,(H,30,34)/b22-17+. The monoisotopic (exact) mass is 525 g/mol. The van der Waals surface area contributed by atoms with Crippen LogP contribution in [0.4, 0.5) is 4.79 Å². The molecule has 204 valence electrons. The fraction of sp³-hybridized carbons (Fsp3) is 0.379. The Morgan fingerprint density at radius 2 is 1.34 bits per heavy atom. The second-order valence-electron chi connectivity index (χ2n) is 10.4. The van der Waals surface area contributed by atoms with Crippen LogP contribution in [0.3, 0.4) is 0 Å². The Balaban J connectivity index is 2.26. The Morgan fingerprint density at radius 1 is 0.816 bits per heavy atom. The van der Waals surface area contributed by atoms with E-state index in [-0.39, 0.29) is 12.3 Å². The molecule has 2 rings (SSSR count). The summed E-state index contributed by atoms with van der Waals surface area (Å²) in [6.07, 6.45) is 0.548. The van der Waals surface area contributed by atoms with Crippen LogP contribution in [-0.2, 0) is 39.9 Å². The smallest absolute Gasteiger partial charge is 0.412 e. The third kappa shape index (κ3) is 10.1. The summed E-state index contributed by atoms with van der Waals surface area (Å²) in [5, 5.41) is 2.39. The van der Waals surface area contributed by atoms with Gasteiger partial charge in [-0.05, 0) is 64.3 Å². The maximum Gasteiger partial charge on any atom is 0.412 e. The fourth-order valence-corrected chi connectivity index (χ4v) is 3.17. The number of ether oxygens (including phenoxy) is 4. The van der Waals surface area contributed by atoms with Crippen molar-refractivity contribution >= 4 is 30.1 Å². The van der Waals surface area contributed by atoms with E-state index in [2.05, 4.69) is 5.32 Å². The molecule has 0 saturated heterocycles. The first-order valence-corrected chi connectivity index (χ1v) is 12.0. The van der Waals surface area contributed by atoms with Crippen molar-refractivity contribution < 1.29 is 38.1 Å². The molecule has 2 aromatic rings. The molecule has 2 aromatic carbocycles. The van der Waals surface area contributed by atoms with Crippen molar-refractivity contribution in [1.29, 1.82) is 0 Å². The van der Waals surface area contributed by atoms with Gasteiger partial charge < -0.3 is 18.9 Å². The molecular weight excluding hydrogens is 490 g/mol. The van der Waals surface area contributed by atoms with Gasteiger partial charge in [-0.25, -0.2) is 9.59 Å². The highest BCUT2D eigenvalue weighted by atomic mass is 16.6. The third-order valence-electron chi connectivity index (χ3n) is 4.72. The van der Waals surface area contributed by atoms with Crippen LogP contribution in [0.25, 0.3) is 6.08 Å². The lowest BCUT2D eigenvalue weighted by atomic mass is 9.97. The van der Waals surface area contributed by atoms with E-state index in [9.17, 15) is 19.2 Å². The lowest BCUT2D eigenvalue weighted by Crippen LogP contribution is -2.35. The molecular formula is C29H35NO8. The quantitative estimate of drug-likeness (QED) is 0.224. The Labute approximate surface area is 223 Å². The van der Waals surface area contributed by atoms with Gasteiger partial charge in [0.2, 0.25) is 0 Å². The van der Waals surface area contributed by atoms with Gasteiger partial charge in [-0.1, -0.05) is 54.6 Å². The van der Waals surface area contributed by atoms with E-state index in [0.717, 1.165) is 5.56 Å². The van der Waals surface area contributed by atoms with E-state index in [4.69, 9.17) is 18.9 Å². The van der Waals surface area contributed by atoms with E-state index in [1.54, 1.807) is 77.9 Å². The van der Waals surface area contributed by atoms with Crippen molar-refractivity contribution in [3.8, 4) is 0 Å². The van der Waals surface area contributed by atoms with Crippen LogP contribution in [0.2, 0.25) is 0 Å². The van der Waals surface area contributed by atoms with Gasteiger partial charge in [0.15, 0.2) is 5.92 Å². The normalized spacial score (nSPS) is 11.9. The molecule has 9 nitrogen and oxygen atoms in total. The molecule has 0 heterocycles. The number of hydrogen-bond acceptors (Lipinski definition) is 8. The van der Waals surface area contributed by atoms with E-state index >= 15 is 0 Å². The van der Waals surface area contributed by atoms with Crippen molar-refractivity contribution in [2.75, 3.05) is 7.11 Å². The average Bonchev–Trinajstić information content (AvgIpc) is 2.81. The minimum absolute atomic E-state index is 0.0204. The maximum atomic E-state index is 12.9. The van der Waals surface area contributed by atoms with Crippen molar-refractivity contribution in [1.82, 2.24) is 5.32 Å². The molecule has 0 aliphatic heterocycles. The summed E-state index contributed by atoms with van der Waals surface area (Å²) in [5.74, 6) is -3.58. The van der Waals surface area contributed by atoms with Gasteiger partial charge in [0.05, 0.1) is 7.11 Å². The van der Waals surface area contributed by atoms with Gasteiger partial charge in [0.25, 0.3) is 0 Å². The van der Waals surface area contributed by atoms with Gasteiger partial charge in [-0.15, -0.1) is 0 Å². The van der Waals surface area contributed by atoms with Crippen molar-refractivity contribution in [3.05, 3.63) is 77.0 Å². The number of methoxy groups -OCH3 is 1. The molecule has 0 fully saturated rings. The largest absolute Gasteiger partial charge is 0.464 e. The minimum atomic E-state index is -1.31. The highest BCUT2D eigenvalue weighted by Gasteiger charge is 2.36. The van der Waals surface area contributed by atoms with Crippen molar-refractivity contribution in [2.24, 2.45) is 0 Å². The lowest BCUT2D eigenvalue weighted by Gasteiger charge is -2.26. The van der Waals surface area contributed by atoms with Crippen LogP contribution in [0.1, 0.15) is 64.2 Å². The molecule has 0 unspecified atom stereocenters. The topological polar surface area (TPSA) is 117 Å². The minimum Gasteiger partial charge on any atom is -0.464 e. The summed E-state index contributed by atoms with van der Waals surface area (Å²) in [7, 11) is 1.18. The number of alkyl carbamates (subject to hydrolysis) is 1. The number of benzene rings is 2. The van der Waals surface area contributed by atoms with Gasteiger partial charge >= 0.3 is 24.0 Å². The maximum absolute atomic E-state index is 12.9. The molecule has 1 N–H and O–H groups in total. The first kappa shape index (κ1) is 30.1. The fourth-order valence-electron chi connectivity index (χ4n) is 3.17. The highest BCUT2D eigenvalue weighted by molar-refractivity contribution is 6.01. The van der Waals surface area contributed by atoms with Crippen molar-refractivity contribution in [2.45, 2.75) is 65.3 Å². The first-order chi connectivity index (χ1) is 17.7. The molecule has 38 heavy (non-hydrogen) atoms. The predicted octanol–water partition coefficient (Wildman–Crippen LogP) is 4.89. The van der Waals surface area contributed by atoms with E-state index in [1.165, 1.54) is 13.2 Å². The molecule has 0 aromatic heterocycles. The van der Waals surface area contributed by atoms with Gasteiger partial charge in [-0.3, -0.25) is 14.9 Å². The molecule has 0 aliphatic rings. The number of carbonyl (C=O) groups excluding carboxylic acids is 4. The average molecular weight is 526 g/mol. The van der Waals surface area contributed by atoms with Gasteiger partial charge in [-0.2, -0.15) is 0 Å². The summed E-state index contributed by atoms with van der Waals surface area (Å²) in [5.41, 5.74) is -0.155. The predicted molar refractivity (Wildman–Crippen MR) is 141 cm³/mol. The van der Waals surface area contributed by atoms with Crippen LogP contribution >= 0.6 is 0 Å². The van der Waals surface area contributed by atoms with Crippen LogP contribution < -0.4 is 5.32 Å². The molecule has 9 heteroatoms. The van der Waals surface area contributed by atoms with E-state index < -0.39 is 41.1 Å².